The second-order valence-corrected chi connectivity index (χ2v) is 3.88. The minimum atomic E-state index is -1.33. The van der Waals surface area contributed by atoms with Crippen molar-refractivity contribution < 1.29 is 13.7 Å². The van der Waals surface area contributed by atoms with Crippen LogP contribution in [0, 0.1) is 28.7 Å². The first-order chi connectivity index (χ1) is 9.43. The number of nitro benzene ring substituents is 1. The highest BCUT2D eigenvalue weighted by Crippen LogP contribution is 2.30. The molecule has 0 saturated heterocycles. The van der Waals surface area contributed by atoms with Crippen molar-refractivity contribution in [1.29, 1.82) is 0 Å². The molecule has 20 heavy (non-hydrogen) atoms. The predicted molar refractivity (Wildman–Crippen MR) is 66.6 cm³/mol. The van der Waals surface area contributed by atoms with Gasteiger partial charge in [0.15, 0.2) is 5.82 Å². The lowest BCUT2D eigenvalue weighted by atomic mass is 10.1. The van der Waals surface area contributed by atoms with E-state index in [2.05, 4.69) is 15.4 Å². The number of hydrogen-bond donors (Lipinski definition) is 2. The zero-order chi connectivity index (χ0) is 14.9. The molecule has 0 amide bonds. The van der Waals surface area contributed by atoms with Crippen molar-refractivity contribution in [3.8, 4) is 11.4 Å². The van der Waals surface area contributed by atoms with Crippen LogP contribution in [-0.4, -0.2) is 14.9 Å². The maximum absolute atomic E-state index is 14.0. The van der Waals surface area contributed by atoms with Crippen molar-refractivity contribution in [3.05, 3.63) is 45.6 Å². The van der Waals surface area contributed by atoms with E-state index in [0.29, 0.717) is 5.69 Å². The number of halogens is 2. The van der Waals surface area contributed by atoms with E-state index in [1.165, 1.54) is 6.07 Å². The van der Waals surface area contributed by atoms with Gasteiger partial charge in [-0.2, -0.15) is 4.39 Å². The molecule has 1 aromatic heterocycles. The van der Waals surface area contributed by atoms with Gasteiger partial charge in [-0.3, -0.25) is 10.1 Å². The van der Waals surface area contributed by atoms with Gasteiger partial charge in [0, 0.05) is 17.8 Å². The summed E-state index contributed by atoms with van der Waals surface area (Å²) in [5.41, 5.74) is 1.10. The van der Waals surface area contributed by atoms with Crippen molar-refractivity contribution in [2.75, 3.05) is 5.43 Å². The minimum absolute atomic E-state index is 0.137. The zero-order valence-electron chi connectivity index (χ0n) is 10.2. The molecule has 0 fully saturated rings. The Morgan fingerprint density at radius 3 is 2.65 bits per heavy atom. The van der Waals surface area contributed by atoms with Gasteiger partial charge >= 0.3 is 5.69 Å². The summed E-state index contributed by atoms with van der Waals surface area (Å²) < 4.78 is 27.8. The van der Waals surface area contributed by atoms with Gasteiger partial charge in [-0.05, 0) is 13.0 Å². The fraction of sp³-hybridized carbons (Fsp3) is 0.0909. The Morgan fingerprint density at radius 1 is 1.35 bits per heavy atom. The Hall–Kier alpha value is -2.68. The van der Waals surface area contributed by atoms with Crippen LogP contribution in [0.4, 0.5) is 20.3 Å². The standard InChI is InChI=1S/C11H9F2N5O2/c1-5-4-8(17-14)16-11(15-5)9-6(12)2-3-7(10(9)13)18(19)20/h2-4H,14H2,1H3,(H,15,16,17). The molecule has 0 aliphatic rings. The molecular weight excluding hydrogens is 272 g/mol. The summed E-state index contributed by atoms with van der Waals surface area (Å²) in [5.74, 6) is 2.67. The van der Waals surface area contributed by atoms with Crippen LogP contribution in [0.3, 0.4) is 0 Å². The van der Waals surface area contributed by atoms with Crippen LogP contribution in [0.2, 0.25) is 0 Å². The monoisotopic (exact) mass is 281 g/mol. The Bertz CT molecular complexity index is 693. The molecule has 1 aromatic carbocycles. The van der Waals surface area contributed by atoms with E-state index in [1.54, 1.807) is 6.92 Å². The van der Waals surface area contributed by atoms with Gasteiger partial charge in [-0.25, -0.2) is 20.2 Å². The number of nitrogens with zero attached hydrogens (tertiary/aromatic N) is 3. The summed E-state index contributed by atoms with van der Waals surface area (Å²) in [5, 5.41) is 10.7. The fourth-order valence-corrected chi connectivity index (χ4v) is 1.64. The third kappa shape index (κ3) is 2.38. The molecule has 1 heterocycles. The fourth-order valence-electron chi connectivity index (χ4n) is 1.64. The zero-order valence-corrected chi connectivity index (χ0v) is 10.2. The molecule has 2 rings (SSSR count). The molecule has 0 radical (unpaired) electrons. The number of benzene rings is 1. The minimum Gasteiger partial charge on any atom is -0.308 e. The normalized spacial score (nSPS) is 10.4. The predicted octanol–water partition coefficient (Wildman–Crippen LogP) is 1.92. The topological polar surface area (TPSA) is 107 Å². The number of nitrogens with one attached hydrogen (secondary N) is 1. The molecule has 9 heteroatoms. The summed E-state index contributed by atoms with van der Waals surface area (Å²) >= 11 is 0. The number of aromatic nitrogens is 2. The number of nitrogen functional groups attached to an aromatic ring is 1. The molecule has 0 unspecified atom stereocenters. The van der Waals surface area contributed by atoms with Crippen LogP contribution < -0.4 is 11.3 Å². The summed E-state index contributed by atoms with van der Waals surface area (Å²) in [7, 11) is 0. The summed E-state index contributed by atoms with van der Waals surface area (Å²) in [6.45, 7) is 1.57. The Labute approximate surface area is 111 Å². The van der Waals surface area contributed by atoms with E-state index in [9.17, 15) is 18.9 Å². The summed E-state index contributed by atoms with van der Waals surface area (Å²) in [6, 6.07) is 2.99. The molecule has 104 valence electrons. The van der Waals surface area contributed by atoms with Crippen LogP contribution in [0.15, 0.2) is 18.2 Å². The quantitative estimate of drug-likeness (QED) is 0.505. The number of anilines is 1. The van der Waals surface area contributed by atoms with Gasteiger partial charge in [0.25, 0.3) is 0 Å². The first-order valence-corrected chi connectivity index (χ1v) is 5.39. The molecule has 3 N–H and O–H groups in total. The van der Waals surface area contributed by atoms with Crippen LogP contribution >= 0.6 is 0 Å². The van der Waals surface area contributed by atoms with Crippen molar-refractivity contribution in [1.82, 2.24) is 9.97 Å². The average Bonchev–Trinajstić information content (AvgIpc) is 2.37. The van der Waals surface area contributed by atoms with Gasteiger partial charge in [-0.15, -0.1) is 0 Å². The van der Waals surface area contributed by atoms with Crippen molar-refractivity contribution in [2.24, 2.45) is 5.84 Å². The van der Waals surface area contributed by atoms with E-state index in [1.807, 2.05) is 0 Å². The molecule has 0 aliphatic carbocycles. The van der Waals surface area contributed by atoms with Gasteiger partial charge in [0.1, 0.15) is 11.6 Å². The highest BCUT2D eigenvalue weighted by molar-refractivity contribution is 5.63. The SMILES string of the molecule is Cc1cc(NN)nc(-c2c(F)ccc([N+](=O)[O-])c2F)n1. The highest BCUT2D eigenvalue weighted by Gasteiger charge is 2.24. The van der Waals surface area contributed by atoms with Crippen LogP contribution in [0.25, 0.3) is 11.4 Å². The lowest BCUT2D eigenvalue weighted by Crippen LogP contribution is -2.10. The van der Waals surface area contributed by atoms with E-state index < -0.39 is 27.8 Å². The lowest BCUT2D eigenvalue weighted by Gasteiger charge is -2.07. The maximum atomic E-state index is 14.0. The largest absolute Gasteiger partial charge is 0.308 e. The number of nitrogens with two attached hydrogens (primary N) is 1. The van der Waals surface area contributed by atoms with E-state index >= 15 is 0 Å². The highest BCUT2D eigenvalue weighted by atomic mass is 19.1. The molecule has 0 aliphatic heterocycles. The van der Waals surface area contributed by atoms with Gasteiger partial charge < -0.3 is 5.43 Å². The molecule has 2 aromatic rings. The van der Waals surface area contributed by atoms with Crippen molar-refractivity contribution in [2.45, 2.75) is 6.92 Å². The number of nitro groups is 1. The molecular formula is C11H9F2N5O2. The Balaban J connectivity index is 2.72. The first-order valence-electron chi connectivity index (χ1n) is 5.39. The Kier molecular flexibility index (Phi) is 3.53. The van der Waals surface area contributed by atoms with E-state index in [4.69, 9.17) is 5.84 Å². The first kappa shape index (κ1) is 13.7. The van der Waals surface area contributed by atoms with Gasteiger partial charge in [0.2, 0.25) is 5.82 Å². The number of hydrazine groups is 1. The van der Waals surface area contributed by atoms with Crippen LogP contribution in [0.1, 0.15) is 5.69 Å². The van der Waals surface area contributed by atoms with Gasteiger partial charge in [-0.1, -0.05) is 0 Å². The molecule has 0 bridgehead atoms. The number of hydrogen-bond acceptors (Lipinski definition) is 6. The summed E-state index contributed by atoms with van der Waals surface area (Å²) in [4.78, 5) is 17.4. The van der Waals surface area contributed by atoms with Crippen LogP contribution in [-0.2, 0) is 0 Å². The van der Waals surface area contributed by atoms with Gasteiger partial charge in [0.05, 0.1) is 10.5 Å². The number of aryl methyl sites for hydroxylation is 1. The molecule has 7 nitrogen and oxygen atoms in total. The van der Waals surface area contributed by atoms with E-state index in [0.717, 1.165) is 12.1 Å². The second-order valence-electron chi connectivity index (χ2n) is 3.88. The number of rotatable bonds is 3. The average molecular weight is 281 g/mol. The Morgan fingerprint density at radius 2 is 2.05 bits per heavy atom. The lowest BCUT2D eigenvalue weighted by molar-refractivity contribution is -0.387. The maximum Gasteiger partial charge on any atom is 0.305 e. The molecule has 0 spiro atoms. The molecule has 0 atom stereocenters. The van der Waals surface area contributed by atoms with Crippen molar-refractivity contribution in [3.63, 3.8) is 0 Å². The van der Waals surface area contributed by atoms with Crippen molar-refractivity contribution >= 4 is 11.5 Å². The smallest absolute Gasteiger partial charge is 0.305 e. The summed E-state index contributed by atoms with van der Waals surface area (Å²) in [6.07, 6.45) is 0. The second kappa shape index (κ2) is 5.13. The van der Waals surface area contributed by atoms with Crippen LogP contribution in [0.5, 0.6) is 0 Å². The third-order valence-corrected chi connectivity index (χ3v) is 2.49. The van der Waals surface area contributed by atoms with E-state index in [-0.39, 0.29) is 11.6 Å². The third-order valence-electron chi connectivity index (χ3n) is 2.49. The molecule has 0 saturated carbocycles.